The van der Waals surface area contributed by atoms with E-state index in [2.05, 4.69) is 53.4 Å². The molecule has 0 heterocycles. The maximum Gasteiger partial charge on any atom is 0.157 e. The standard InChI is InChI=1S/C26H21NO2/c28-25-18-15-21(19-26(25)29)12-11-20-13-16-24(17-14-20)27(22-7-3-1-4-8-22)23-9-5-2-6-10-23/h1-19,28-29H. The summed E-state index contributed by atoms with van der Waals surface area (Å²) in [6, 6.07) is 33.6. The first-order valence-electron chi connectivity index (χ1n) is 9.41. The van der Waals surface area contributed by atoms with Gasteiger partial charge in [-0.05, 0) is 59.7 Å². The van der Waals surface area contributed by atoms with Gasteiger partial charge in [0.05, 0.1) is 0 Å². The third kappa shape index (κ3) is 4.30. The van der Waals surface area contributed by atoms with E-state index in [0.717, 1.165) is 28.2 Å². The minimum absolute atomic E-state index is 0.117. The molecule has 0 fully saturated rings. The van der Waals surface area contributed by atoms with Gasteiger partial charge in [0, 0.05) is 17.1 Å². The Labute approximate surface area is 170 Å². The van der Waals surface area contributed by atoms with Gasteiger partial charge in [0.1, 0.15) is 0 Å². The monoisotopic (exact) mass is 379 g/mol. The predicted octanol–water partition coefficient (Wildman–Crippen LogP) is 6.74. The average Bonchev–Trinajstić information content (AvgIpc) is 2.77. The number of benzene rings is 4. The van der Waals surface area contributed by atoms with Gasteiger partial charge >= 0.3 is 0 Å². The van der Waals surface area contributed by atoms with Crippen LogP contribution in [0, 0.1) is 0 Å². The highest BCUT2D eigenvalue weighted by Crippen LogP contribution is 2.34. The normalized spacial score (nSPS) is 10.9. The first-order valence-corrected chi connectivity index (χ1v) is 9.41. The molecule has 29 heavy (non-hydrogen) atoms. The second-order valence-corrected chi connectivity index (χ2v) is 6.68. The van der Waals surface area contributed by atoms with Crippen LogP contribution < -0.4 is 4.90 Å². The molecule has 0 atom stereocenters. The van der Waals surface area contributed by atoms with Gasteiger partial charge in [-0.2, -0.15) is 0 Å². The fourth-order valence-electron chi connectivity index (χ4n) is 3.17. The Balaban J connectivity index is 1.62. The molecule has 4 aromatic rings. The number of phenolic OH excluding ortho intramolecular Hbond substituents is 2. The summed E-state index contributed by atoms with van der Waals surface area (Å²) in [6.45, 7) is 0. The Kier molecular flexibility index (Phi) is 5.30. The average molecular weight is 379 g/mol. The van der Waals surface area contributed by atoms with Crippen molar-refractivity contribution >= 4 is 29.2 Å². The molecule has 0 saturated heterocycles. The van der Waals surface area contributed by atoms with Gasteiger partial charge in [-0.25, -0.2) is 0 Å². The van der Waals surface area contributed by atoms with E-state index in [1.54, 1.807) is 6.07 Å². The van der Waals surface area contributed by atoms with Crippen LogP contribution in [0.5, 0.6) is 11.5 Å². The topological polar surface area (TPSA) is 43.7 Å². The number of phenols is 2. The fraction of sp³-hybridized carbons (Fsp3) is 0. The van der Waals surface area contributed by atoms with Crippen molar-refractivity contribution in [1.29, 1.82) is 0 Å². The Bertz CT molecular complexity index is 1070. The van der Waals surface area contributed by atoms with Gasteiger partial charge < -0.3 is 15.1 Å². The van der Waals surface area contributed by atoms with Gasteiger partial charge in [-0.3, -0.25) is 0 Å². The molecule has 142 valence electrons. The maximum absolute atomic E-state index is 9.62. The molecule has 4 aromatic carbocycles. The van der Waals surface area contributed by atoms with E-state index in [9.17, 15) is 10.2 Å². The van der Waals surface area contributed by atoms with E-state index in [1.165, 1.54) is 12.1 Å². The second kappa shape index (κ2) is 8.36. The van der Waals surface area contributed by atoms with Crippen molar-refractivity contribution in [2.24, 2.45) is 0 Å². The molecule has 0 radical (unpaired) electrons. The zero-order valence-corrected chi connectivity index (χ0v) is 15.8. The van der Waals surface area contributed by atoms with Crippen LogP contribution in [-0.2, 0) is 0 Å². The Morgan fingerprint density at radius 1 is 0.483 bits per heavy atom. The molecule has 0 aliphatic heterocycles. The summed E-state index contributed by atoms with van der Waals surface area (Å²) in [5, 5.41) is 19.0. The van der Waals surface area contributed by atoms with E-state index >= 15 is 0 Å². The van der Waals surface area contributed by atoms with E-state index in [1.807, 2.05) is 48.6 Å². The van der Waals surface area contributed by atoms with Gasteiger partial charge in [-0.1, -0.05) is 66.7 Å². The number of aromatic hydroxyl groups is 2. The Morgan fingerprint density at radius 2 is 0.966 bits per heavy atom. The number of rotatable bonds is 5. The molecule has 3 nitrogen and oxygen atoms in total. The second-order valence-electron chi connectivity index (χ2n) is 6.68. The molecule has 0 saturated carbocycles. The number of para-hydroxylation sites is 2. The van der Waals surface area contributed by atoms with Crippen LogP contribution in [0.25, 0.3) is 12.2 Å². The van der Waals surface area contributed by atoms with Crippen molar-refractivity contribution in [3.8, 4) is 11.5 Å². The van der Waals surface area contributed by atoms with Crippen LogP contribution in [0.3, 0.4) is 0 Å². The Hall–Kier alpha value is -3.98. The highest BCUT2D eigenvalue weighted by atomic mass is 16.3. The molecule has 0 amide bonds. The maximum atomic E-state index is 9.62. The molecule has 0 aliphatic rings. The summed E-state index contributed by atoms with van der Waals surface area (Å²) < 4.78 is 0. The first kappa shape index (κ1) is 18.4. The SMILES string of the molecule is Oc1ccc(C=Cc2ccc(N(c3ccccc3)c3ccccc3)cc2)cc1O. The Morgan fingerprint density at radius 3 is 1.52 bits per heavy atom. The highest BCUT2D eigenvalue weighted by Gasteiger charge is 2.11. The lowest BCUT2D eigenvalue weighted by Gasteiger charge is -2.25. The summed E-state index contributed by atoms with van der Waals surface area (Å²) in [5.74, 6) is -0.239. The number of hydrogen-bond acceptors (Lipinski definition) is 3. The number of hydrogen-bond donors (Lipinski definition) is 2. The molecule has 2 N–H and O–H groups in total. The third-order valence-corrected chi connectivity index (χ3v) is 4.65. The van der Waals surface area contributed by atoms with Gasteiger partial charge in [-0.15, -0.1) is 0 Å². The lowest BCUT2D eigenvalue weighted by atomic mass is 10.1. The fourth-order valence-corrected chi connectivity index (χ4v) is 3.17. The van der Waals surface area contributed by atoms with E-state index in [0.29, 0.717) is 0 Å². The van der Waals surface area contributed by atoms with Crippen LogP contribution in [0.15, 0.2) is 103 Å². The summed E-state index contributed by atoms with van der Waals surface area (Å²) in [6.07, 6.45) is 3.88. The molecule has 0 aliphatic carbocycles. The predicted molar refractivity (Wildman–Crippen MR) is 120 cm³/mol. The number of nitrogens with zero attached hydrogens (tertiary/aromatic N) is 1. The van der Waals surface area contributed by atoms with Crippen LogP contribution >= 0.6 is 0 Å². The summed E-state index contributed by atoms with van der Waals surface area (Å²) in [5.41, 5.74) is 5.13. The van der Waals surface area contributed by atoms with Crippen LogP contribution in [0.4, 0.5) is 17.1 Å². The van der Waals surface area contributed by atoms with E-state index in [-0.39, 0.29) is 11.5 Å². The summed E-state index contributed by atoms with van der Waals surface area (Å²) in [7, 11) is 0. The summed E-state index contributed by atoms with van der Waals surface area (Å²) >= 11 is 0. The lowest BCUT2D eigenvalue weighted by molar-refractivity contribution is 0.403. The lowest BCUT2D eigenvalue weighted by Crippen LogP contribution is -2.09. The van der Waals surface area contributed by atoms with Crippen molar-refractivity contribution in [1.82, 2.24) is 0 Å². The van der Waals surface area contributed by atoms with Crippen molar-refractivity contribution < 1.29 is 10.2 Å². The van der Waals surface area contributed by atoms with Crippen LogP contribution in [0.1, 0.15) is 11.1 Å². The molecular weight excluding hydrogens is 358 g/mol. The minimum Gasteiger partial charge on any atom is -0.504 e. The summed E-state index contributed by atoms with van der Waals surface area (Å²) in [4.78, 5) is 2.21. The first-order chi connectivity index (χ1) is 14.2. The third-order valence-electron chi connectivity index (χ3n) is 4.65. The van der Waals surface area contributed by atoms with Crippen molar-refractivity contribution in [3.05, 3.63) is 114 Å². The van der Waals surface area contributed by atoms with Crippen molar-refractivity contribution in [3.63, 3.8) is 0 Å². The zero-order chi connectivity index (χ0) is 20.1. The van der Waals surface area contributed by atoms with E-state index < -0.39 is 0 Å². The van der Waals surface area contributed by atoms with Gasteiger partial charge in [0.2, 0.25) is 0 Å². The van der Waals surface area contributed by atoms with Crippen LogP contribution in [-0.4, -0.2) is 10.2 Å². The van der Waals surface area contributed by atoms with Crippen molar-refractivity contribution in [2.75, 3.05) is 4.90 Å². The molecule has 0 spiro atoms. The largest absolute Gasteiger partial charge is 0.504 e. The van der Waals surface area contributed by atoms with Gasteiger partial charge in [0.15, 0.2) is 11.5 Å². The number of anilines is 3. The minimum atomic E-state index is -0.121. The molecule has 4 rings (SSSR count). The van der Waals surface area contributed by atoms with Crippen LogP contribution in [0.2, 0.25) is 0 Å². The highest BCUT2D eigenvalue weighted by molar-refractivity contribution is 5.78. The molecule has 3 heteroatoms. The molecular formula is C26H21NO2. The zero-order valence-electron chi connectivity index (χ0n) is 15.8. The molecule has 0 unspecified atom stereocenters. The molecule has 0 bridgehead atoms. The smallest absolute Gasteiger partial charge is 0.157 e. The van der Waals surface area contributed by atoms with Crippen molar-refractivity contribution in [2.45, 2.75) is 0 Å². The molecule has 0 aromatic heterocycles. The van der Waals surface area contributed by atoms with Gasteiger partial charge in [0.25, 0.3) is 0 Å². The quantitative estimate of drug-likeness (QED) is 0.298. The van der Waals surface area contributed by atoms with E-state index in [4.69, 9.17) is 0 Å².